The van der Waals surface area contributed by atoms with E-state index in [0.29, 0.717) is 23.5 Å². The molecule has 0 amide bonds. The van der Waals surface area contributed by atoms with E-state index in [-0.39, 0.29) is 5.92 Å². The van der Waals surface area contributed by atoms with Gasteiger partial charge in [0.05, 0.1) is 0 Å². The molecule has 0 atom stereocenters. The molecule has 3 rings (SSSR count). The standard InChI is InChI=1S/C28H33NO4/c1-20(2)24-19-25(21(3)18-26(24)32-17-16-29(4)5)33-27(30)28(31,22-12-8-6-9-13-22)23-14-10-7-11-15-23/h6-15,18-20,31H,16-17H2,1-5H3. The van der Waals surface area contributed by atoms with Gasteiger partial charge in [0.2, 0.25) is 5.60 Å². The van der Waals surface area contributed by atoms with E-state index in [4.69, 9.17) is 9.47 Å². The van der Waals surface area contributed by atoms with Crippen molar-refractivity contribution in [1.82, 2.24) is 4.90 Å². The highest BCUT2D eigenvalue weighted by molar-refractivity contribution is 5.87. The van der Waals surface area contributed by atoms with Crippen LogP contribution in [-0.2, 0) is 10.4 Å². The number of carbonyl (C=O) groups is 1. The smallest absolute Gasteiger partial charge is 0.353 e. The number of hydrogen-bond acceptors (Lipinski definition) is 5. The third-order valence-electron chi connectivity index (χ3n) is 5.61. The molecule has 0 aliphatic carbocycles. The van der Waals surface area contributed by atoms with Gasteiger partial charge >= 0.3 is 5.97 Å². The second-order valence-corrected chi connectivity index (χ2v) is 8.79. The average molecular weight is 448 g/mol. The van der Waals surface area contributed by atoms with Crippen molar-refractivity contribution in [2.45, 2.75) is 32.3 Å². The zero-order valence-electron chi connectivity index (χ0n) is 20.0. The lowest BCUT2D eigenvalue weighted by atomic mass is 9.86. The number of likely N-dealkylation sites (N-methyl/N-ethyl adjacent to an activating group) is 1. The van der Waals surface area contributed by atoms with E-state index in [0.717, 1.165) is 23.4 Å². The van der Waals surface area contributed by atoms with Gasteiger partial charge in [-0.25, -0.2) is 4.79 Å². The summed E-state index contributed by atoms with van der Waals surface area (Å²) in [6.07, 6.45) is 0. The first-order valence-electron chi connectivity index (χ1n) is 11.2. The minimum atomic E-state index is -1.94. The Labute approximate surface area is 196 Å². The molecule has 0 fully saturated rings. The minimum Gasteiger partial charge on any atom is -0.492 e. The van der Waals surface area contributed by atoms with Crippen LogP contribution in [-0.4, -0.2) is 43.2 Å². The Bertz CT molecular complexity index is 1020. The zero-order chi connectivity index (χ0) is 24.0. The summed E-state index contributed by atoms with van der Waals surface area (Å²) in [7, 11) is 4.00. The molecule has 0 unspecified atom stereocenters. The molecule has 33 heavy (non-hydrogen) atoms. The van der Waals surface area contributed by atoms with Gasteiger partial charge < -0.3 is 19.5 Å². The van der Waals surface area contributed by atoms with Crippen LogP contribution in [0.2, 0.25) is 0 Å². The van der Waals surface area contributed by atoms with Gasteiger partial charge in [-0.15, -0.1) is 0 Å². The Morgan fingerprint density at radius 1 is 0.939 bits per heavy atom. The van der Waals surface area contributed by atoms with E-state index in [1.807, 2.05) is 45.3 Å². The van der Waals surface area contributed by atoms with Crippen molar-refractivity contribution in [3.8, 4) is 11.5 Å². The quantitative estimate of drug-likeness (QED) is 0.373. The summed E-state index contributed by atoms with van der Waals surface area (Å²) in [5, 5.41) is 11.7. The maximum absolute atomic E-state index is 13.5. The van der Waals surface area contributed by atoms with Crippen LogP contribution in [0, 0.1) is 6.92 Å². The van der Waals surface area contributed by atoms with E-state index in [9.17, 15) is 9.90 Å². The number of rotatable bonds is 9. The van der Waals surface area contributed by atoms with Crippen LogP contribution in [0.3, 0.4) is 0 Å². The lowest BCUT2D eigenvalue weighted by molar-refractivity contribution is -0.152. The van der Waals surface area contributed by atoms with Crippen molar-refractivity contribution >= 4 is 5.97 Å². The fraction of sp³-hybridized carbons (Fsp3) is 0.321. The summed E-state index contributed by atoms with van der Waals surface area (Å²) in [4.78, 5) is 15.6. The number of ether oxygens (including phenoxy) is 2. The van der Waals surface area contributed by atoms with Crippen LogP contribution in [0.5, 0.6) is 11.5 Å². The molecule has 0 aromatic heterocycles. The van der Waals surface area contributed by atoms with Crippen LogP contribution in [0.1, 0.15) is 42.0 Å². The first kappa shape index (κ1) is 24.5. The Morgan fingerprint density at radius 3 is 1.97 bits per heavy atom. The van der Waals surface area contributed by atoms with E-state index < -0.39 is 11.6 Å². The number of aliphatic hydroxyl groups is 1. The van der Waals surface area contributed by atoms with Crippen LogP contribution in [0.4, 0.5) is 0 Å². The fourth-order valence-corrected chi connectivity index (χ4v) is 3.64. The van der Waals surface area contributed by atoms with Gasteiger partial charge in [-0.3, -0.25) is 0 Å². The summed E-state index contributed by atoms with van der Waals surface area (Å²) in [6.45, 7) is 7.37. The molecule has 0 aliphatic rings. The molecule has 0 saturated heterocycles. The van der Waals surface area contributed by atoms with Crippen LogP contribution < -0.4 is 9.47 Å². The minimum absolute atomic E-state index is 0.166. The summed E-state index contributed by atoms with van der Waals surface area (Å²) in [6, 6.07) is 21.5. The molecule has 0 aliphatic heterocycles. The van der Waals surface area contributed by atoms with E-state index in [1.165, 1.54) is 0 Å². The lowest BCUT2D eigenvalue weighted by Crippen LogP contribution is -2.40. The number of aryl methyl sites for hydroxylation is 1. The van der Waals surface area contributed by atoms with Crippen LogP contribution >= 0.6 is 0 Å². The molecule has 3 aromatic rings. The highest BCUT2D eigenvalue weighted by Gasteiger charge is 2.42. The zero-order valence-corrected chi connectivity index (χ0v) is 20.0. The van der Waals surface area contributed by atoms with E-state index in [1.54, 1.807) is 48.5 Å². The van der Waals surface area contributed by atoms with Gasteiger partial charge in [-0.2, -0.15) is 0 Å². The second kappa shape index (κ2) is 10.6. The summed E-state index contributed by atoms with van der Waals surface area (Å²) < 4.78 is 11.9. The molecule has 5 nitrogen and oxygen atoms in total. The average Bonchev–Trinajstić information content (AvgIpc) is 2.80. The Kier molecular flexibility index (Phi) is 7.90. The number of hydrogen-bond donors (Lipinski definition) is 1. The number of benzene rings is 3. The maximum atomic E-state index is 13.5. The van der Waals surface area contributed by atoms with Gasteiger partial charge in [-0.1, -0.05) is 74.5 Å². The van der Waals surface area contributed by atoms with Gasteiger partial charge in [0.1, 0.15) is 18.1 Å². The molecule has 0 heterocycles. The molecule has 0 radical (unpaired) electrons. The maximum Gasteiger partial charge on any atom is 0.353 e. The highest BCUT2D eigenvalue weighted by atomic mass is 16.6. The fourth-order valence-electron chi connectivity index (χ4n) is 3.64. The first-order chi connectivity index (χ1) is 15.7. The first-order valence-corrected chi connectivity index (χ1v) is 11.2. The number of carbonyl (C=O) groups excluding carboxylic acids is 1. The monoisotopic (exact) mass is 447 g/mol. The molecule has 1 N–H and O–H groups in total. The molecule has 0 saturated carbocycles. The molecule has 5 heteroatoms. The predicted octanol–water partition coefficient (Wildman–Crippen LogP) is 4.90. The third kappa shape index (κ3) is 5.62. The topological polar surface area (TPSA) is 59.0 Å². The summed E-state index contributed by atoms with van der Waals surface area (Å²) >= 11 is 0. The lowest BCUT2D eigenvalue weighted by Gasteiger charge is -2.27. The van der Waals surface area contributed by atoms with Crippen LogP contribution in [0.15, 0.2) is 72.8 Å². The van der Waals surface area contributed by atoms with Crippen LogP contribution in [0.25, 0.3) is 0 Å². The Balaban J connectivity index is 1.96. The number of nitrogens with zero attached hydrogens (tertiary/aromatic N) is 1. The van der Waals surface area contributed by atoms with Crippen molar-refractivity contribution in [3.05, 3.63) is 95.1 Å². The SMILES string of the molecule is Cc1cc(OCCN(C)C)c(C(C)C)cc1OC(=O)C(O)(c1ccccc1)c1ccccc1. The Hall–Kier alpha value is -3.15. The second-order valence-electron chi connectivity index (χ2n) is 8.79. The van der Waals surface area contributed by atoms with Crippen molar-refractivity contribution in [1.29, 1.82) is 0 Å². The predicted molar refractivity (Wildman–Crippen MR) is 131 cm³/mol. The molecule has 0 bridgehead atoms. The normalized spacial score (nSPS) is 11.6. The van der Waals surface area contributed by atoms with Crippen molar-refractivity contribution in [2.75, 3.05) is 27.2 Å². The van der Waals surface area contributed by atoms with Gasteiger partial charge in [-0.05, 0) is 55.8 Å². The number of esters is 1. The molecular weight excluding hydrogens is 414 g/mol. The van der Waals surface area contributed by atoms with Crippen molar-refractivity contribution < 1.29 is 19.4 Å². The highest BCUT2D eigenvalue weighted by Crippen LogP contribution is 2.36. The van der Waals surface area contributed by atoms with Gasteiger partial charge in [0.25, 0.3) is 0 Å². The molecule has 3 aromatic carbocycles. The molecular formula is C28H33NO4. The largest absolute Gasteiger partial charge is 0.492 e. The molecule has 0 spiro atoms. The van der Waals surface area contributed by atoms with E-state index >= 15 is 0 Å². The van der Waals surface area contributed by atoms with Crippen molar-refractivity contribution in [2.24, 2.45) is 0 Å². The van der Waals surface area contributed by atoms with E-state index in [2.05, 4.69) is 18.7 Å². The summed E-state index contributed by atoms with van der Waals surface area (Å²) in [5.41, 5.74) is 0.674. The Morgan fingerprint density at radius 2 is 1.48 bits per heavy atom. The van der Waals surface area contributed by atoms with Crippen molar-refractivity contribution in [3.63, 3.8) is 0 Å². The van der Waals surface area contributed by atoms with Gasteiger partial charge in [0, 0.05) is 12.1 Å². The van der Waals surface area contributed by atoms with Gasteiger partial charge in [0.15, 0.2) is 0 Å². The third-order valence-corrected chi connectivity index (χ3v) is 5.61. The molecule has 174 valence electrons. The summed E-state index contributed by atoms with van der Waals surface area (Å²) in [5.74, 6) is 0.609.